The van der Waals surface area contributed by atoms with Gasteiger partial charge in [0.05, 0.1) is 12.2 Å². The fourth-order valence-electron chi connectivity index (χ4n) is 1.55. The van der Waals surface area contributed by atoms with Crippen molar-refractivity contribution in [1.29, 1.82) is 0 Å². The van der Waals surface area contributed by atoms with Crippen LogP contribution >= 0.6 is 11.6 Å². The number of aliphatic hydroxyl groups excluding tert-OH is 1. The highest BCUT2D eigenvalue weighted by Gasteiger charge is 2.03. The lowest BCUT2D eigenvalue weighted by molar-refractivity contribution is 0.0511. The van der Waals surface area contributed by atoms with Gasteiger partial charge in [0, 0.05) is 12.2 Å². The van der Waals surface area contributed by atoms with Crippen molar-refractivity contribution in [2.45, 2.75) is 12.8 Å². The summed E-state index contributed by atoms with van der Waals surface area (Å²) in [6.07, 6.45) is 4.80. The Morgan fingerprint density at radius 1 is 0.889 bits per heavy atom. The van der Waals surface area contributed by atoms with Gasteiger partial charge in [0.1, 0.15) is 0 Å². The quantitative estimate of drug-likeness (QED) is 0.312. The molecule has 0 radical (unpaired) electrons. The zero-order chi connectivity index (χ0) is 20.3. The van der Waals surface area contributed by atoms with Gasteiger partial charge in [-0.2, -0.15) is 0 Å². The van der Waals surface area contributed by atoms with Crippen LogP contribution in [0.25, 0.3) is 0 Å². The molecule has 0 atom stereocenters. The summed E-state index contributed by atoms with van der Waals surface area (Å²) < 4.78 is 4.96. The van der Waals surface area contributed by atoms with Gasteiger partial charge in [0.25, 0.3) is 5.24 Å². The molecule has 2 aromatic carbocycles. The van der Waals surface area contributed by atoms with E-state index in [2.05, 4.69) is 13.2 Å². The zero-order valence-electron chi connectivity index (χ0n) is 15.2. The average Bonchev–Trinajstić information content (AvgIpc) is 2.71. The summed E-state index contributed by atoms with van der Waals surface area (Å²) in [5.74, 6) is -0.276. The second-order valence-electron chi connectivity index (χ2n) is 5.02. The van der Waals surface area contributed by atoms with E-state index in [1.165, 1.54) is 0 Å². The highest BCUT2D eigenvalue weighted by Crippen LogP contribution is 2.02. The fourth-order valence-corrected chi connectivity index (χ4v) is 1.68. The van der Waals surface area contributed by atoms with E-state index in [1.807, 2.05) is 24.3 Å². The highest BCUT2D eigenvalue weighted by atomic mass is 35.5. The Hall–Kier alpha value is -2.69. The van der Waals surface area contributed by atoms with Gasteiger partial charge in [0.15, 0.2) is 0 Å². The van der Waals surface area contributed by atoms with E-state index in [0.29, 0.717) is 30.6 Å². The number of ether oxygens (including phenoxy) is 1. The molecule has 0 unspecified atom stereocenters. The minimum absolute atomic E-state index is 0.226. The number of rotatable bonds is 7. The fraction of sp³-hybridized carbons (Fsp3) is 0.182. The summed E-state index contributed by atoms with van der Waals surface area (Å²) in [5.41, 5.74) is 1.13. The van der Waals surface area contributed by atoms with Crippen LogP contribution in [0.5, 0.6) is 0 Å². The first-order chi connectivity index (χ1) is 13.1. The standard InChI is InChI=1S/C11H12O2.C7H5ClO.C4H8O/c1-2-3-9-13-11(12)10-7-5-4-6-8-10;8-7(9)6-4-2-1-3-5-6;1-2-3-4-5/h2,4-8H,1,3,9H2;1-5H;2,5H,1,3-4H2. The van der Waals surface area contributed by atoms with Crippen molar-refractivity contribution in [1.82, 2.24) is 0 Å². The van der Waals surface area contributed by atoms with Crippen LogP contribution in [0.4, 0.5) is 0 Å². The Morgan fingerprint density at radius 2 is 1.37 bits per heavy atom. The molecule has 27 heavy (non-hydrogen) atoms. The predicted octanol–water partition coefficient (Wildman–Crippen LogP) is 5.04. The van der Waals surface area contributed by atoms with Crippen LogP contribution in [0.2, 0.25) is 0 Å². The lowest BCUT2D eigenvalue weighted by atomic mass is 10.2. The van der Waals surface area contributed by atoms with Crippen LogP contribution < -0.4 is 0 Å². The first kappa shape index (κ1) is 24.3. The summed E-state index contributed by atoms with van der Waals surface area (Å²) >= 11 is 5.16. The topological polar surface area (TPSA) is 63.6 Å². The SMILES string of the molecule is C=CCCO.C=CCCOC(=O)c1ccccc1.O=C(Cl)c1ccccc1. The lowest BCUT2D eigenvalue weighted by Crippen LogP contribution is -2.05. The number of carbonyl (C=O) groups excluding carboxylic acids is 2. The van der Waals surface area contributed by atoms with Gasteiger partial charge in [-0.05, 0) is 36.6 Å². The van der Waals surface area contributed by atoms with Crippen LogP contribution in [-0.2, 0) is 4.74 Å². The van der Waals surface area contributed by atoms with Gasteiger partial charge in [-0.3, -0.25) is 4.79 Å². The second kappa shape index (κ2) is 16.8. The number of esters is 1. The van der Waals surface area contributed by atoms with E-state index >= 15 is 0 Å². The minimum atomic E-state index is -0.407. The molecule has 0 saturated heterocycles. The van der Waals surface area contributed by atoms with Crippen molar-refractivity contribution in [2.24, 2.45) is 0 Å². The van der Waals surface area contributed by atoms with Crippen LogP contribution in [0.3, 0.4) is 0 Å². The van der Waals surface area contributed by atoms with Gasteiger partial charge in [-0.15, -0.1) is 13.2 Å². The molecule has 1 N–H and O–H groups in total. The molecule has 0 aliphatic heterocycles. The number of aliphatic hydroxyl groups is 1. The maximum atomic E-state index is 11.3. The van der Waals surface area contributed by atoms with E-state index in [-0.39, 0.29) is 12.6 Å². The van der Waals surface area contributed by atoms with Gasteiger partial charge in [0.2, 0.25) is 0 Å². The number of hydrogen-bond donors (Lipinski definition) is 1. The van der Waals surface area contributed by atoms with E-state index in [0.717, 1.165) is 0 Å². The molecule has 0 aliphatic carbocycles. The van der Waals surface area contributed by atoms with Crippen LogP contribution in [-0.4, -0.2) is 29.5 Å². The third-order valence-corrected chi connectivity index (χ3v) is 3.12. The molecule has 5 heteroatoms. The molecular formula is C22H25ClO4. The average molecular weight is 389 g/mol. The number of carbonyl (C=O) groups is 2. The van der Waals surface area contributed by atoms with Crippen molar-refractivity contribution < 1.29 is 19.4 Å². The molecule has 0 bridgehead atoms. The number of hydrogen-bond acceptors (Lipinski definition) is 4. The third-order valence-electron chi connectivity index (χ3n) is 2.90. The van der Waals surface area contributed by atoms with Crippen molar-refractivity contribution in [2.75, 3.05) is 13.2 Å². The summed E-state index contributed by atoms with van der Waals surface area (Å²) in [6, 6.07) is 17.7. The maximum Gasteiger partial charge on any atom is 0.338 e. The van der Waals surface area contributed by atoms with E-state index in [4.69, 9.17) is 21.4 Å². The summed E-state index contributed by atoms with van der Waals surface area (Å²) in [4.78, 5) is 21.7. The molecule has 0 amide bonds. The smallest absolute Gasteiger partial charge is 0.338 e. The lowest BCUT2D eigenvalue weighted by Gasteiger charge is -2.01. The molecule has 0 aliphatic rings. The van der Waals surface area contributed by atoms with Gasteiger partial charge in [-0.25, -0.2) is 4.79 Å². The summed E-state index contributed by atoms with van der Waals surface area (Å²) in [5, 5.41) is 7.59. The Balaban J connectivity index is 0.000000419. The summed E-state index contributed by atoms with van der Waals surface area (Å²) in [6.45, 7) is 7.56. The van der Waals surface area contributed by atoms with Crippen molar-refractivity contribution in [3.63, 3.8) is 0 Å². The van der Waals surface area contributed by atoms with Crippen molar-refractivity contribution in [3.8, 4) is 0 Å². The molecule has 0 spiro atoms. The maximum absolute atomic E-state index is 11.3. The number of halogens is 1. The molecule has 144 valence electrons. The molecule has 0 aromatic heterocycles. The third kappa shape index (κ3) is 13.2. The first-order valence-corrected chi connectivity index (χ1v) is 8.74. The summed E-state index contributed by atoms with van der Waals surface area (Å²) in [7, 11) is 0. The minimum Gasteiger partial charge on any atom is -0.462 e. The molecule has 0 saturated carbocycles. The van der Waals surface area contributed by atoms with Crippen molar-refractivity contribution in [3.05, 3.63) is 97.1 Å². The van der Waals surface area contributed by atoms with Crippen molar-refractivity contribution >= 4 is 22.8 Å². The largest absolute Gasteiger partial charge is 0.462 e. The Bertz CT molecular complexity index is 669. The first-order valence-electron chi connectivity index (χ1n) is 8.36. The Kier molecular flexibility index (Phi) is 15.1. The number of benzene rings is 2. The molecule has 2 rings (SSSR count). The van der Waals surface area contributed by atoms with E-state index < -0.39 is 5.24 Å². The Morgan fingerprint density at radius 3 is 1.70 bits per heavy atom. The monoisotopic (exact) mass is 388 g/mol. The van der Waals surface area contributed by atoms with E-state index in [1.54, 1.807) is 48.6 Å². The van der Waals surface area contributed by atoms with Crippen LogP contribution in [0, 0.1) is 0 Å². The Labute approximate surface area is 165 Å². The normalized spacial score (nSPS) is 8.81. The van der Waals surface area contributed by atoms with E-state index in [9.17, 15) is 9.59 Å². The van der Waals surface area contributed by atoms with Gasteiger partial charge >= 0.3 is 5.97 Å². The predicted molar refractivity (Wildman–Crippen MR) is 110 cm³/mol. The zero-order valence-corrected chi connectivity index (χ0v) is 16.0. The molecule has 0 heterocycles. The van der Waals surface area contributed by atoms with Gasteiger partial charge < -0.3 is 9.84 Å². The van der Waals surface area contributed by atoms with Gasteiger partial charge in [-0.1, -0.05) is 60.7 Å². The van der Waals surface area contributed by atoms with Crippen LogP contribution in [0.15, 0.2) is 86.0 Å². The van der Waals surface area contributed by atoms with Crippen LogP contribution in [0.1, 0.15) is 33.6 Å². The molecule has 2 aromatic rings. The molecule has 0 fully saturated rings. The molecular weight excluding hydrogens is 364 g/mol. The highest BCUT2D eigenvalue weighted by molar-refractivity contribution is 6.67. The molecule has 4 nitrogen and oxygen atoms in total. The second-order valence-corrected chi connectivity index (χ2v) is 5.36.